The topological polar surface area (TPSA) is 24.5 Å². The zero-order valence-corrected chi connectivity index (χ0v) is 13.2. The normalized spacial score (nSPS) is 25.8. The average molecular weight is 288 g/mol. The van der Waals surface area contributed by atoms with Gasteiger partial charge in [-0.15, -0.1) is 0 Å². The Hall–Kier alpha value is -0.900. The van der Waals surface area contributed by atoms with E-state index in [1.807, 2.05) is 0 Å². The molecule has 3 heteroatoms. The van der Waals surface area contributed by atoms with Gasteiger partial charge in [-0.3, -0.25) is 4.90 Å². The van der Waals surface area contributed by atoms with E-state index in [2.05, 4.69) is 41.4 Å². The summed E-state index contributed by atoms with van der Waals surface area (Å²) in [5.41, 5.74) is 2.86. The molecule has 2 aliphatic heterocycles. The second kappa shape index (κ2) is 7.39. The molecule has 2 aliphatic rings. The van der Waals surface area contributed by atoms with E-state index in [-0.39, 0.29) is 0 Å². The highest BCUT2D eigenvalue weighted by atomic mass is 16.5. The fourth-order valence-electron chi connectivity index (χ4n) is 3.74. The molecule has 0 spiro atoms. The molecule has 21 heavy (non-hydrogen) atoms. The monoisotopic (exact) mass is 288 g/mol. The van der Waals surface area contributed by atoms with Crippen molar-refractivity contribution in [1.29, 1.82) is 0 Å². The summed E-state index contributed by atoms with van der Waals surface area (Å²) >= 11 is 0. The third kappa shape index (κ3) is 3.65. The first kappa shape index (κ1) is 15.0. The van der Waals surface area contributed by atoms with Crippen LogP contribution in [0.3, 0.4) is 0 Å². The van der Waals surface area contributed by atoms with Crippen molar-refractivity contribution in [2.75, 3.05) is 32.8 Å². The Balaban J connectivity index is 1.74. The SMILES string of the molecule is CCCN(CC1CCCNC1)C1COCc2ccccc21. The number of hydrogen-bond acceptors (Lipinski definition) is 3. The number of ether oxygens (including phenoxy) is 1. The van der Waals surface area contributed by atoms with Crippen molar-refractivity contribution >= 4 is 0 Å². The number of rotatable bonds is 5. The minimum atomic E-state index is 0.442. The van der Waals surface area contributed by atoms with Crippen molar-refractivity contribution in [3.63, 3.8) is 0 Å². The molecule has 1 aromatic rings. The molecular formula is C18H28N2O. The first-order valence-electron chi connectivity index (χ1n) is 8.48. The first-order chi connectivity index (χ1) is 10.4. The molecule has 3 rings (SSSR count). The van der Waals surface area contributed by atoms with Gasteiger partial charge in [-0.2, -0.15) is 0 Å². The van der Waals surface area contributed by atoms with Gasteiger partial charge >= 0.3 is 0 Å². The number of nitrogens with one attached hydrogen (secondary N) is 1. The maximum atomic E-state index is 5.87. The molecule has 0 aromatic heterocycles. The van der Waals surface area contributed by atoms with Gasteiger partial charge in [0.1, 0.15) is 0 Å². The van der Waals surface area contributed by atoms with Gasteiger partial charge in [-0.05, 0) is 55.9 Å². The zero-order chi connectivity index (χ0) is 14.5. The molecule has 2 heterocycles. The van der Waals surface area contributed by atoms with Crippen LogP contribution in [0.15, 0.2) is 24.3 Å². The summed E-state index contributed by atoms with van der Waals surface area (Å²) in [6.07, 6.45) is 3.89. The second-order valence-electron chi connectivity index (χ2n) is 6.44. The summed E-state index contributed by atoms with van der Waals surface area (Å²) < 4.78 is 5.87. The fourth-order valence-corrected chi connectivity index (χ4v) is 3.74. The van der Waals surface area contributed by atoms with Gasteiger partial charge in [-0.25, -0.2) is 0 Å². The van der Waals surface area contributed by atoms with Crippen LogP contribution >= 0.6 is 0 Å². The van der Waals surface area contributed by atoms with Gasteiger partial charge in [-0.1, -0.05) is 31.2 Å². The summed E-state index contributed by atoms with van der Waals surface area (Å²) in [5, 5.41) is 3.55. The van der Waals surface area contributed by atoms with E-state index in [0.717, 1.165) is 19.1 Å². The van der Waals surface area contributed by atoms with Crippen molar-refractivity contribution in [1.82, 2.24) is 10.2 Å². The van der Waals surface area contributed by atoms with Crippen molar-refractivity contribution in [2.45, 2.75) is 38.8 Å². The second-order valence-corrected chi connectivity index (χ2v) is 6.44. The Morgan fingerprint density at radius 2 is 2.24 bits per heavy atom. The van der Waals surface area contributed by atoms with Crippen LogP contribution in [0.2, 0.25) is 0 Å². The molecule has 0 aliphatic carbocycles. The van der Waals surface area contributed by atoms with Crippen LogP contribution in [0.5, 0.6) is 0 Å². The number of benzene rings is 1. The lowest BCUT2D eigenvalue weighted by Crippen LogP contribution is -2.42. The lowest BCUT2D eigenvalue weighted by Gasteiger charge is -2.38. The van der Waals surface area contributed by atoms with E-state index in [1.54, 1.807) is 0 Å². The molecule has 0 bridgehead atoms. The number of hydrogen-bond donors (Lipinski definition) is 1. The van der Waals surface area contributed by atoms with E-state index < -0.39 is 0 Å². The summed E-state index contributed by atoms with van der Waals surface area (Å²) in [7, 11) is 0. The average Bonchev–Trinajstić information content (AvgIpc) is 2.55. The number of fused-ring (bicyclic) bond motifs is 1. The Kier molecular flexibility index (Phi) is 5.28. The van der Waals surface area contributed by atoms with Gasteiger partial charge in [0.25, 0.3) is 0 Å². The standard InChI is InChI=1S/C18H28N2O/c1-2-10-20(12-15-6-5-9-19-11-15)18-14-21-13-16-7-3-4-8-17(16)18/h3-4,7-8,15,18-19H,2,5-6,9-14H2,1H3. The van der Waals surface area contributed by atoms with E-state index in [9.17, 15) is 0 Å². The minimum Gasteiger partial charge on any atom is -0.375 e. The van der Waals surface area contributed by atoms with Gasteiger partial charge in [0, 0.05) is 6.54 Å². The van der Waals surface area contributed by atoms with E-state index in [4.69, 9.17) is 4.74 Å². The Bertz CT molecular complexity index is 443. The largest absolute Gasteiger partial charge is 0.375 e. The summed E-state index contributed by atoms with van der Waals surface area (Å²) in [6, 6.07) is 9.25. The van der Waals surface area contributed by atoms with E-state index in [0.29, 0.717) is 6.04 Å². The van der Waals surface area contributed by atoms with Crippen LogP contribution in [0.25, 0.3) is 0 Å². The highest BCUT2D eigenvalue weighted by molar-refractivity contribution is 5.31. The zero-order valence-electron chi connectivity index (χ0n) is 13.2. The Labute approximate surface area is 128 Å². The fraction of sp³-hybridized carbons (Fsp3) is 0.667. The minimum absolute atomic E-state index is 0.442. The summed E-state index contributed by atoms with van der Waals surface area (Å²) in [6.45, 7) is 8.63. The van der Waals surface area contributed by atoms with Gasteiger partial charge in [0.15, 0.2) is 0 Å². The Morgan fingerprint density at radius 1 is 1.33 bits per heavy atom. The van der Waals surface area contributed by atoms with Crippen LogP contribution in [0, 0.1) is 5.92 Å². The molecule has 1 N–H and O–H groups in total. The first-order valence-corrected chi connectivity index (χ1v) is 8.48. The van der Waals surface area contributed by atoms with Crippen LogP contribution < -0.4 is 5.32 Å². The highest BCUT2D eigenvalue weighted by Gasteiger charge is 2.28. The molecule has 3 nitrogen and oxygen atoms in total. The summed E-state index contributed by atoms with van der Waals surface area (Å²) in [4.78, 5) is 2.66. The predicted octanol–water partition coefficient (Wildman–Crippen LogP) is 2.97. The molecule has 1 fully saturated rings. The van der Waals surface area contributed by atoms with E-state index >= 15 is 0 Å². The lowest BCUT2D eigenvalue weighted by molar-refractivity contribution is 0.0243. The molecule has 1 saturated heterocycles. The highest BCUT2D eigenvalue weighted by Crippen LogP contribution is 2.30. The molecule has 2 unspecified atom stereocenters. The molecule has 0 saturated carbocycles. The van der Waals surface area contributed by atoms with Crippen LogP contribution in [0.4, 0.5) is 0 Å². The van der Waals surface area contributed by atoms with Crippen molar-refractivity contribution < 1.29 is 4.74 Å². The van der Waals surface area contributed by atoms with Crippen LogP contribution in [-0.4, -0.2) is 37.7 Å². The van der Waals surface area contributed by atoms with Crippen LogP contribution in [-0.2, 0) is 11.3 Å². The van der Waals surface area contributed by atoms with Crippen molar-refractivity contribution in [3.8, 4) is 0 Å². The number of piperidine rings is 1. The third-order valence-corrected chi connectivity index (χ3v) is 4.79. The van der Waals surface area contributed by atoms with Crippen molar-refractivity contribution in [3.05, 3.63) is 35.4 Å². The van der Waals surface area contributed by atoms with Gasteiger partial charge in [0.2, 0.25) is 0 Å². The van der Waals surface area contributed by atoms with Crippen molar-refractivity contribution in [2.24, 2.45) is 5.92 Å². The molecule has 2 atom stereocenters. The smallest absolute Gasteiger partial charge is 0.0721 e. The predicted molar refractivity (Wildman–Crippen MR) is 86.3 cm³/mol. The van der Waals surface area contributed by atoms with Crippen LogP contribution in [0.1, 0.15) is 43.4 Å². The van der Waals surface area contributed by atoms with Gasteiger partial charge < -0.3 is 10.1 Å². The maximum absolute atomic E-state index is 5.87. The summed E-state index contributed by atoms with van der Waals surface area (Å²) in [5.74, 6) is 0.791. The maximum Gasteiger partial charge on any atom is 0.0721 e. The molecule has 0 radical (unpaired) electrons. The number of nitrogens with zero attached hydrogens (tertiary/aromatic N) is 1. The molecule has 1 aromatic carbocycles. The van der Waals surface area contributed by atoms with Gasteiger partial charge in [0.05, 0.1) is 19.3 Å². The molecular weight excluding hydrogens is 260 g/mol. The molecule has 116 valence electrons. The lowest BCUT2D eigenvalue weighted by atomic mass is 9.94. The Morgan fingerprint density at radius 3 is 3.05 bits per heavy atom. The van der Waals surface area contributed by atoms with E-state index in [1.165, 1.54) is 56.6 Å². The third-order valence-electron chi connectivity index (χ3n) is 4.79. The quantitative estimate of drug-likeness (QED) is 0.901. The molecule has 0 amide bonds.